The highest BCUT2D eigenvalue weighted by Crippen LogP contribution is 2.79. The summed E-state index contributed by atoms with van der Waals surface area (Å²) in [7, 11) is -1.49. The van der Waals surface area contributed by atoms with Crippen molar-refractivity contribution in [3.63, 3.8) is 0 Å². The van der Waals surface area contributed by atoms with Gasteiger partial charge in [-0.2, -0.15) is 0 Å². The smallest absolute Gasteiger partial charge is 0.0186 e. The molecule has 0 bridgehead atoms. The minimum absolute atomic E-state index is 1.13. The van der Waals surface area contributed by atoms with Crippen LogP contribution in [-0.4, -0.2) is 0 Å². The van der Waals surface area contributed by atoms with E-state index in [4.69, 9.17) is 0 Å². The molecule has 0 saturated carbocycles. The van der Waals surface area contributed by atoms with Gasteiger partial charge in [0.05, 0.1) is 0 Å². The van der Waals surface area contributed by atoms with E-state index in [1.54, 1.807) is 0 Å². The maximum atomic E-state index is 3.72. The van der Waals surface area contributed by atoms with Gasteiger partial charge in [0.15, 0.2) is 0 Å². The number of hydrogen-bond acceptors (Lipinski definition) is 0. The second-order valence-electron chi connectivity index (χ2n) is 6.38. The molecule has 2 heteroatoms. The third-order valence-corrected chi connectivity index (χ3v) is 9.44. The fraction of sp³-hybridized carbons (Fsp3) is 0. The zero-order valence-corrected chi connectivity index (χ0v) is 16.5. The summed E-state index contributed by atoms with van der Waals surface area (Å²) in [6.45, 7) is 0. The van der Waals surface area contributed by atoms with Crippen molar-refractivity contribution in [2.24, 2.45) is 0 Å². The van der Waals surface area contributed by atoms with Crippen LogP contribution in [0.25, 0.3) is 11.1 Å². The molecule has 0 aromatic heterocycles. The summed E-state index contributed by atoms with van der Waals surface area (Å²) in [4.78, 5) is 5.63. The topological polar surface area (TPSA) is 0 Å². The minimum atomic E-state index is -1.49. The van der Waals surface area contributed by atoms with Crippen LogP contribution in [0.4, 0.5) is 0 Å². The first kappa shape index (κ1) is 15.9. The maximum absolute atomic E-state index is 3.72. The van der Waals surface area contributed by atoms with E-state index in [0.717, 1.165) is 4.47 Å². The quantitative estimate of drug-likeness (QED) is 0.275. The van der Waals surface area contributed by atoms with Crippen molar-refractivity contribution < 1.29 is 0 Å². The average molecular weight is 417 g/mol. The molecule has 0 radical (unpaired) electrons. The molecule has 1 aliphatic rings. The van der Waals surface area contributed by atoms with Crippen LogP contribution in [0.2, 0.25) is 0 Å². The van der Waals surface area contributed by atoms with Gasteiger partial charge in [0.1, 0.15) is 0 Å². The number of fused-ring (bicyclic) bond motifs is 3. The molecule has 0 aliphatic carbocycles. The zero-order chi connectivity index (χ0) is 17.6. The van der Waals surface area contributed by atoms with Gasteiger partial charge < -0.3 is 0 Å². The van der Waals surface area contributed by atoms with Crippen molar-refractivity contribution >= 4 is 26.0 Å². The molecule has 1 aliphatic heterocycles. The van der Waals surface area contributed by atoms with Crippen LogP contribution >= 0.6 is 26.0 Å². The Morgan fingerprint density at radius 1 is 0.500 bits per heavy atom. The number of rotatable bonds is 2. The Kier molecular flexibility index (Phi) is 3.77. The van der Waals surface area contributed by atoms with Gasteiger partial charge in [0.25, 0.3) is 0 Å². The van der Waals surface area contributed by atoms with Crippen LogP contribution in [-0.2, 0) is 0 Å². The lowest BCUT2D eigenvalue weighted by atomic mass is 10.1. The van der Waals surface area contributed by atoms with Crippen molar-refractivity contribution in [1.29, 1.82) is 0 Å². The Hall–Kier alpha value is -2.29. The fourth-order valence-electron chi connectivity index (χ4n) is 3.94. The first-order valence-corrected chi connectivity index (χ1v) is 11.1. The summed E-state index contributed by atoms with van der Waals surface area (Å²) in [5.74, 6) is 0. The van der Waals surface area contributed by atoms with Crippen molar-refractivity contribution in [2.45, 2.75) is 19.6 Å². The van der Waals surface area contributed by atoms with Crippen LogP contribution in [0.1, 0.15) is 0 Å². The van der Waals surface area contributed by atoms with E-state index >= 15 is 0 Å². The molecular formula is C24H17BrS. The van der Waals surface area contributed by atoms with Gasteiger partial charge in [-0.05, 0) is 53.6 Å². The summed E-state index contributed by atoms with van der Waals surface area (Å²) in [6.07, 6.45) is 0. The van der Waals surface area contributed by atoms with Gasteiger partial charge in [-0.3, -0.25) is 0 Å². The third-order valence-electron chi connectivity index (χ3n) is 4.97. The molecule has 0 amide bonds. The lowest BCUT2D eigenvalue weighted by molar-refractivity contribution is 1.29. The summed E-state index contributed by atoms with van der Waals surface area (Å²) in [6, 6.07) is 37.6. The largest absolute Gasteiger partial charge is 0.132 e. The molecular weight excluding hydrogens is 400 g/mol. The van der Waals surface area contributed by atoms with Crippen molar-refractivity contribution in [2.75, 3.05) is 0 Å². The molecule has 0 atom stereocenters. The molecule has 126 valence electrons. The summed E-state index contributed by atoms with van der Waals surface area (Å²) in [5.41, 5.74) is 2.71. The Bertz CT molecular complexity index is 1050. The Morgan fingerprint density at radius 3 is 1.69 bits per heavy atom. The van der Waals surface area contributed by atoms with Crippen molar-refractivity contribution in [3.05, 3.63) is 108 Å². The first-order chi connectivity index (χ1) is 12.8. The molecule has 4 aromatic rings. The molecule has 0 fully saturated rings. The van der Waals surface area contributed by atoms with E-state index in [0.29, 0.717) is 0 Å². The van der Waals surface area contributed by atoms with E-state index in [-0.39, 0.29) is 0 Å². The fourth-order valence-corrected chi connectivity index (χ4v) is 8.71. The SMILES string of the molecule is Brc1ccc2c(c1)S(c1ccccc1)(c1ccccc1)c1ccccc1-2. The monoisotopic (exact) mass is 416 g/mol. The Labute approximate surface area is 164 Å². The van der Waals surface area contributed by atoms with Crippen LogP contribution in [0.3, 0.4) is 0 Å². The number of hydrogen-bond donors (Lipinski definition) is 0. The zero-order valence-electron chi connectivity index (χ0n) is 14.1. The summed E-state index contributed by atoms with van der Waals surface area (Å²) < 4.78 is 1.13. The highest BCUT2D eigenvalue weighted by Gasteiger charge is 2.41. The first-order valence-electron chi connectivity index (χ1n) is 8.64. The Balaban J connectivity index is 1.99. The van der Waals surface area contributed by atoms with Gasteiger partial charge in [-0.25, -0.2) is 0 Å². The van der Waals surface area contributed by atoms with Gasteiger partial charge >= 0.3 is 0 Å². The molecule has 0 saturated heterocycles. The highest BCUT2D eigenvalue weighted by molar-refractivity contribution is 9.10. The minimum Gasteiger partial charge on any atom is -0.132 e. The van der Waals surface area contributed by atoms with E-state index in [2.05, 4.69) is 119 Å². The molecule has 0 spiro atoms. The van der Waals surface area contributed by atoms with Crippen molar-refractivity contribution in [3.8, 4) is 11.1 Å². The van der Waals surface area contributed by atoms with Crippen LogP contribution in [0, 0.1) is 0 Å². The molecule has 0 unspecified atom stereocenters. The predicted octanol–water partition coefficient (Wildman–Crippen LogP) is 7.77. The second-order valence-corrected chi connectivity index (χ2v) is 10.3. The van der Waals surface area contributed by atoms with Crippen molar-refractivity contribution in [1.82, 2.24) is 0 Å². The molecule has 0 N–H and O–H groups in total. The van der Waals surface area contributed by atoms with E-state index in [1.807, 2.05) is 0 Å². The standard InChI is InChI=1S/C24H17BrS/c25-18-15-16-22-21-13-7-8-14-23(21)26(24(22)17-18,19-9-3-1-4-10-19)20-11-5-2-6-12-20/h1-17H. The van der Waals surface area contributed by atoms with Crippen LogP contribution < -0.4 is 0 Å². The Morgan fingerprint density at radius 2 is 1.04 bits per heavy atom. The molecule has 1 heterocycles. The number of halogens is 1. The third kappa shape index (κ3) is 2.16. The second kappa shape index (κ2) is 6.15. The molecule has 26 heavy (non-hydrogen) atoms. The summed E-state index contributed by atoms with van der Waals surface area (Å²) >= 11 is 3.72. The lowest BCUT2D eigenvalue weighted by Gasteiger charge is -2.39. The molecule has 5 rings (SSSR count). The van der Waals surface area contributed by atoms with Gasteiger partial charge in [-0.1, -0.05) is 76.6 Å². The predicted molar refractivity (Wildman–Crippen MR) is 113 cm³/mol. The van der Waals surface area contributed by atoms with Crippen LogP contribution in [0.5, 0.6) is 0 Å². The molecule has 4 aromatic carbocycles. The molecule has 0 nitrogen and oxygen atoms in total. The van der Waals surface area contributed by atoms with Gasteiger partial charge in [0, 0.05) is 24.1 Å². The highest BCUT2D eigenvalue weighted by atomic mass is 79.9. The van der Waals surface area contributed by atoms with Gasteiger partial charge in [-0.15, -0.1) is 10.0 Å². The normalized spacial score (nSPS) is 15.1. The lowest BCUT2D eigenvalue weighted by Crippen LogP contribution is -2.01. The van der Waals surface area contributed by atoms with E-state index in [1.165, 1.54) is 30.7 Å². The summed E-state index contributed by atoms with van der Waals surface area (Å²) in [5, 5.41) is 0. The van der Waals surface area contributed by atoms with Crippen LogP contribution in [0.15, 0.2) is 127 Å². The maximum Gasteiger partial charge on any atom is 0.0186 e. The van der Waals surface area contributed by atoms with E-state index < -0.39 is 10.0 Å². The van der Waals surface area contributed by atoms with E-state index in [9.17, 15) is 0 Å². The van der Waals surface area contributed by atoms with Gasteiger partial charge in [0.2, 0.25) is 0 Å². The average Bonchev–Trinajstić information content (AvgIpc) is 3.00. The number of benzene rings is 4.